The zero-order valence-corrected chi connectivity index (χ0v) is 10.5. The third kappa shape index (κ3) is 3.22. The van der Waals surface area contributed by atoms with E-state index in [9.17, 15) is 0 Å². The quantitative estimate of drug-likeness (QED) is 0.850. The van der Waals surface area contributed by atoms with E-state index in [0.717, 1.165) is 25.4 Å². The maximum atomic E-state index is 8.70. The summed E-state index contributed by atoms with van der Waals surface area (Å²) < 4.78 is 5.67. The lowest BCUT2D eigenvalue weighted by Gasteiger charge is -2.22. The van der Waals surface area contributed by atoms with E-state index in [1.54, 1.807) is 12.1 Å². The fraction of sp³-hybridized carbons (Fsp3) is 0.500. The normalized spacial score (nSPS) is 19.7. The molecule has 1 aromatic rings. The molecule has 18 heavy (non-hydrogen) atoms. The molecule has 0 radical (unpaired) electrons. The minimum absolute atomic E-state index is 0.523. The molecule has 2 N–H and O–H groups in total. The lowest BCUT2D eigenvalue weighted by molar-refractivity contribution is 0.199. The van der Waals surface area contributed by atoms with Gasteiger partial charge in [-0.2, -0.15) is 5.26 Å². The van der Waals surface area contributed by atoms with Crippen LogP contribution >= 0.6 is 0 Å². The van der Waals surface area contributed by atoms with Crippen LogP contribution in [0.1, 0.15) is 18.4 Å². The molecule has 0 saturated carbocycles. The molecule has 0 amide bonds. The van der Waals surface area contributed by atoms with Crippen LogP contribution < -0.4 is 10.5 Å². The van der Waals surface area contributed by atoms with E-state index in [4.69, 9.17) is 15.7 Å². The Bertz CT molecular complexity index is 410. The summed E-state index contributed by atoms with van der Waals surface area (Å²) in [4.78, 5) is 2.39. The van der Waals surface area contributed by atoms with E-state index in [0.29, 0.717) is 18.2 Å². The number of benzene rings is 1. The van der Waals surface area contributed by atoms with Crippen molar-refractivity contribution < 1.29 is 4.74 Å². The Morgan fingerprint density at radius 3 is 2.83 bits per heavy atom. The molecule has 2 rings (SSSR count). The molecule has 96 valence electrons. The average molecular weight is 245 g/mol. The molecular weight excluding hydrogens is 226 g/mol. The Labute approximate surface area is 108 Å². The van der Waals surface area contributed by atoms with Crippen molar-refractivity contribution in [3.05, 3.63) is 29.8 Å². The van der Waals surface area contributed by atoms with Gasteiger partial charge in [0.25, 0.3) is 0 Å². The van der Waals surface area contributed by atoms with E-state index in [1.807, 2.05) is 12.1 Å². The van der Waals surface area contributed by atoms with Crippen molar-refractivity contribution in [1.82, 2.24) is 4.90 Å². The fourth-order valence-corrected chi connectivity index (χ4v) is 2.36. The van der Waals surface area contributed by atoms with Gasteiger partial charge in [-0.1, -0.05) is 0 Å². The highest BCUT2D eigenvalue weighted by Gasteiger charge is 2.22. The Morgan fingerprint density at radius 1 is 1.39 bits per heavy atom. The maximum Gasteiger partial charge on any atom is 0.119 e. The SMILES string of the molecule is N#Cc1ccc(OCCN2CCCC2CN)cc1. The molecule has 1 aliphatic rings. The Balaban J connectivity index is 1.76. The molecule has 4 nitrogen and oxygen atoms in total. The highest BCUT2D eigenvalue weighted by molar-refractivity contribution is 5.34. The summed E-state index contributed by atoms with van der Waals surface area (Å²) in [6.45, 7) is 3.44. The van der Waals surface area contributed by atoms with Gasteiger partial charge in [0, 0.05) is 19.1 Å². The molecule has 1 aromatic carbocycles. The third-order valence-corrected chi connectivity index (χ3v) is 3.40. The van der Waals surface area contributed by atoms with Crippen molar-refractivity contribution in [2.75, 3.05) is 26.2 Å². The number of nitriles is 1. The lowest BCUT2D eigenvalue weighted by atomic mass is 10.2. The second-order valence-corrected chi connectivity index (χ2v) is 4.55. The first-order chi connectivity index (χ1) is 8.83. The second-order valence-electron chi connectivity index (χ2n) is 4.55. The lowest BCUT2D eigenvalue weighted by Crippen LogP contribution is -2.37. The highest BCUT2D eigenvalue weighted by Crippen LogP contribution is 2.16. The van der Waals surface area contributed by atoms with Crippen molar-refractivity contribution in [3.63, 3.8) is 0 Å². The van der Waals surface area contributed by atoms with Gasteiger partial charge < -0.3 is 10.5 Å². The monoisotopic (exact) mass is 245 g/mol. The van der Waals surface area contributed by atoms with Gasteiger partial charge in [-0.15, -0.1) is 0 Å². The van der Waals surface area contributed by atoms with Gasteiger partial charge in [0.1, 0.15) is 12.4 Å². The predicted octanol–water partition coefficient (Wildman–Crippen LogP) is 1.36. The highest BCUT2D eigenvalue weighted by atomic mass is 16.5. The number of likely N-dealkylation sites (tertiary alicyclic amines) is 1. The van der Waals surface area contributed by atoms with Crippen LogP contribution in [0.5, 0.6) is 5.75 Å². The van der Waals surface area contributed by atoms with Crippen LogP contribution in [-0.2, 0) is 0 Å². The molecule has 1 atom stereocenters. The molecule has 1 aliphatic heterocycles. The molecule has 0 aliphatic carbocycles. The molecule has 0 bridgehead atoms. The van der Waals surface area contributed by atoms with Crippen molar-refractivity contribution in [2.45, 2.75) is 18.9 Å². The molecule has 4 heteroatoms. The first kappa shape index (κ1) is 12.9. The number of ether oxygens (including phenoxy) is 1. The predicted molar refractivity (Wildman–Crippen MR) is 70.3 cm³/mol. The van der Waals surface area contributed by atoms with E-state index >= 15 is 0 Å². The Kier molecular flexibility index (Phi) is 4.57. The van der Waals surface area contributed by atoms with Crippen molar-refractivity contribution in [3.8, 4) is 11.8 Å². The molecule has 1 heterocycles. The van der Waals surface area contributed by atoms with Gasteiger partial charge in [-0.3, -0.25) is 4.90 Å². The largest absolute Gasteiger partial charge is 0.492 e. The maximum absolute atomic E-state index is 8.70. The fourth-order valence-electron chi connectivity index (χ4n) is 2.36. The van der Waals surface area contributed by atoms with Crippen LogP contribution in [0.15, 0.2) is 24.3 Å². The molecule has 1 saturated heterocycles. The zero-order chi connectivity index (χ0) is 12.8. The zero-order valence-electron chi connectivity index (χ0n) is 10.5. The molecular formula is C14H19N3O. The number of hydrogen-bond acceptors (Lipinski definition) is 4. The van der Waals surface area contributed by atoms with Crippen LogP contribution in [0.3, 0.4) is 0 Å². The Morgan fingerprint density at radius 2 is 2.17 bits per heavy atom. The smallest absolute Gasteiger partial charge is 0.119 e. The summed E-state index contributed by atoms with van der Waals surface area (Å²) in [5, 5.41) is 8.70. The minimum atomic E-state index is 0.523. The van der Waals surface area contributed by atoms with Gasteiger partial charge >= 0.3 is 0 Å². The number of nitrogens with zero attached hydrogens (tertiary/aromatic N) is 2. The van der Waals surface area contributed by atoms with Gasteiger partial charge in [-0.25, -0.2) is 0 Å². The molecule has 0 aromatic heterocycles. The van der Waals surface area contributed by atoms with Crippen LogP contribution in [0.4, 0.5) is 0 Å². The van der Waals surface area contributed by atoms with Crippen molar-refractivity contribution >= 4 is 0 Å². The summed E-state index contributed by atoms with van der Waals surface area (Å²) in [6.07, 6.45) is 2.44. The van der Waals surface area contributed by atoms with Gasteiger partial charge in [-0.05, 0) is 43.7 Å². The average Bonchev–Trinajstić information content (AvgIpc) is 2.87. The second kappa shape index (κ2) is 6.39. The van der Waals surface area contributed by atoms with Crippen molar-refractivity contribution in [2.24, 2.45) is 5.73 Å². The van der Waals surface area contributed by atoms with Gasteiger partial charge in [0.2, 0.25) is 0 Å². The number of nitrogens with two attached hydrogens (primary N) is 1. The topological polar surface area (TPSA) is 62.3 Å². The summed E-state index contributed by atoms with van der Waals surface area (Å²) in [6, 6.07) is 9.83. The molecule has 0 spiro atoms. The first-order valence-corrected chi connectivity index (χ1v) is 6.40. The summed E-state index contributed by atoms with van der Waals surface area (Å²) in [5.74, 6) is 0.817. The van der Waals surface area contributed by atoms with Crippen LogP contribution in [0, 0.1) is 11.3 Å². The Hall–Kier alpha value is -1.57. The van der Waals surface area contributed by atoms with Crippen LogP contribution in [0.2, 0.25) is 0 Å². The van der Waals surface area contributed by atoms with Crippen molar-refractivity contribution in [1.29, 1.82) is 5.26 Å². The summed E-state index contributed by atoms with van der Waals surface area (Å²) in [7, 11) is 0. The summed E-state index contributed by atoms with van der Waals surface area (Å²) >= 11 is 0. The minimum Gasteiger partial charge on any atom is -0.492 e. The summed E-state index contributed by atoms with van der Waals surface area (Å²) in [5.41, 5.74) is 6.38. The first-order valence-electron chi connectivity index (χ1n) is 6.40. The molecule has 1 fully saturated rings. The van der Waals surface area contributed by atoms with E-state index in [2.05, 4.69) is 11.0 Å². The molecule has 1 unspecified atom stereocenters. The van der Waals surface area contributed by atoms with Gasteiger partial charge in [0.15, 0.2) is 0 Å². The van der Waals surface area contributed by atoms with E-state index < -0.39 is 0 Å². The van der Waals surface area contributed by atoms with E-state index in [-0.39, 0.29) is 0 Å². The van der Waals surface area contributed by atoms with Crippen LogP contribution in [-0.4, -0.2) is 37.2 Å². The standard InChI is InChI=1S/C14H19N3O/c15-10-12-3-5-14(6-4-12)18-9-8-17-7-1-2-13(17)11-16/h3-6,13H,1-2,7-9,11,16H2. The number of hydrogen-bond donors (Lipinski definition) is 1. The van der Waals surface area contributed by atoms with E-state index in [1.165, 1.54) is 12.8 Å². The number of rotatable bonds is 5. The third-order valence-electron chi connectivity index (χ3n) is 3.40. The van der Waals surface area contributed by atoms with Gasteiger partial charge in [0.05, 0.1) is 11.6 Å². The van der Waals surface area contributed by atoms with Crippen LogP contribution in [0.25, 0.3) is 0 Å².